The lowest BCUT2D eigenvalue weighted by atomic mass is 10.1. The molecule has 8 heteroatoms. The molecule has 0 aliphatic carbocycles. The van der Waals surface area contributed by atoms with Crippen LogP contribution in [0.4, 0.5) is 4.79 Å². The van der Waals surface area contributed by atoms with Gasteiger partial charge in [-0.25, -0.2) is 4.79 Å². The van der Waals surface area contributed by atoms with Gasteiger partial charge in [-0.05, 0) is 20.3 Å². The molecule has 0 amide bonds. The number of likely N-dealkylation sites (N-methyl/N-ethyl adjacent to an activating group) is 1. The first-order valence-electron chi connectivity index (χ1n) is 11.8. The fraction of sp³-hybridized carbons (Fsp3) is 0.783. The van der Waals surface area contributed by atoms with Gasteiger partial charge in [-0.3, -0.25) is 4.48 Å². The predicted octanol–water partition coefficient (Wildman–Crippen LogP) is 6.30. The van der Waals surface area contributed by atoms with Crippen LogP contribution < -0.4 is 4.74 Å². The summed E-state index contributed by atoms with van der Waals surface area (Å²) in [7, 11) is 2.07. The van der Waals surface area contributed by atoms with Crippen LogP contribution in [-0.4, -0.2) is 59.0 Å². The lowest BCUT2D eigenvalue weighted by molar-refractivity contribution is -0.919. The summed E-state index contributed by atoms with van der Waals surface area (Å²) in [5.41, 5.74) is 1.92. The number of hydrogen-bond acceptors (Lipinski definition) is 7. The van der Waals surface area contributed by atoms with Gasteiger partial charge in [0, 0.05) is 12.0 Å². The van der Waals surface area contributed by atoms with E-state index in [9.17, 15) is 4.79 Å². The monoisotopic (exact) mass is 458 g/mol. The SMILES string of the molecule is CC.CC.CCCCCCOc1nsnc1C1=CCC[N+](C)(COC(=O)OC(C)C)C1. The van der Waals surface area contributed by atoms with Crippen LogP contribution in [-0.2, 0) is 9.47 Å². The molecule has 1 aliphatic heterocycles. The summed E-state index contributed by atoms with van der Waals surface area (Å²) in [4.78, 5) is 11.7. The first kappa shape index (κ1) is 29.3. The largest absolute Gasteiger partial charge is 0.512 e. The van der Waals surface area contributed by atoms with Crippen molar-refractivity contribution in [3.8, 4) is 5.88 Å². The van der Waals surface area contributed by atoms with Gasteiger partial charge in [-0.2, -0.15) is 4.37 Å². The Bertz CT molecular complexity index is 634. The number of unbranched alkanes of at least 4 members (excludes halogenated alkanes) is 3. The standard InChI is InChI=1S/C19H32N3O4S.2C2H6/c1-5-6-7-8-12-24-18-17(20-27-21-18)16-10-9-11-22(4,13-16)14-25-19(23)26-15(2)3;2*1-2/h10,15H,5-9,11-14H2,1-4H3;2*1-2H3/q+1;;. The Morgan fingerprint density at radius 1 is 1.16 bits per heavy atom. The van der Waals surface area contributed by atoms with Gasteiger partial charge in [0.25, 0.3) is 5.88 Å². The van der Waals surface area contributed by atoms with E-state index in [0.29, 0.717) is 23.5 Å². The summed E-state index contributed by atoms with van der Waals surface area (Å²) in [6, 6.07) is 0. The Labute approximate surface area is 193 Å². The zero-order valence-corrected chi connectivity index (χ0v) is 21.7. The Hall–Kier alpha value is -1.67. The summed E-state index contributed by atoms with van der Waals surface area (Å²) in [5, 5.41) is 0. The smallest absolute Gasteiger partial charge is 0.475 e. The van der Waals surface area contributed by atoms with Crippen molar-refractivity contribution in [2.24, 2.45) is 0 Å². The highest BCUT2D eigenvalue weighted by molar-refractivity contribution is 6.99. The van der Waals surface area contributed by atoms with Gasteiger partial charge in [0.2, 0.25) is 6.73 Å². The van der Waals surface area contributed by atoms with Crippen LogP contribution in [0.1, 0.15) is 86.3 Å². The summed E-state index contributed by atoms with van der Waals surface area (Å²) in [5.74, 6) is 0.622. The van der Waals surface area contributed by atoms with Crippen molar-refractivity contribution in [2.45, 2.75) is 86.7 Å². The van der Waals surface area contributed by atoms with E-state index in [4.69, 9.17) is 14.2 Å². The minimum absolute atomic E-state index is 0.183. The molecule has 1 unspecified atom stereocenters. The van der Waals surface area contributed by atoms with Crippen LogP contribution in [0.2, 0.25) is 0 Å². The van der Waals surface area contributed by atoms with Crippen LogP contribution >= 0.6 is 11.7 Å². The topological polar surface area (TPSA) is 70.5 Å². The van der Waals surface area contributed by atoms with Crippen LogP contribution in [0.3, 0.4) is 0 Å². The Balaban J connectivity index is 0.00000212. The van der Waals surface area contributed by atoms with Crippen molar-refractivity contribution < 1.29 is 23.5 Å². The molecule has 2 rings (SSSR count). The fourth-order valence-corrected chi connectivity index (χ4v) is 3.52. The maximum absolute atomic E-state index is 11.7. The second kappa shape index (κ2) is 17.0. The quantitative estimate of drug-likeness (QED) is 0.233. The minimum Gasteiger partial charge on any atom is -0.475 e. The first-order chi connectivity index (χ1) is 14.9. The third-order valence-corrected chi connectivity index (χ3v) is 4.95. The summed E-state index contributed by atoms with van der Waals surface area (Å²) in [6.45, 7) is 16.3. The molecule has 0 aromatic carbocycles. The van der Waals surface area contributed by atoms with Gasteiger partial charge in [-0.1, -0.05) is 60.0 Å². The molecule has 1 aromatic heterocycles. The second-order valence-electron chi connectivity index (χ2n) is 7.54. The molecule has 0 radical (unpaired) electrons. The molecule has 0 saturated heterocycles. The Morgan fingerprint density at radius 2 is 1.87 bits per heavy atom. The van der Waals surface area contributed by atoms with Gasteiger partial charge in [-0.15, -0.1) is 4.37 Å². The number of aromatic nitrogens is 2. The number of carbonyl (C=O) groups is 1. The first-order valence-corrected chi connectivity index (χ1v) is 12.5. The minimum atomic E-state index is -0.619. The van der Waals surface area contributed by atoms with E-state index >= 15 is 0 Å². The Morgan fingerprint density at radius 3 is 2.52 bits per heavy atom. The maximum Gasteiger partial charge on any atom is 0.512 e. The summed E-state index contributed by atoms with van der Waals surface area (Å²) >= 11 is 1.18. The van der Waals surface area contributed by atoms with Gasteiger partial charge in [0.1, 0.15) is 12.2 Å². The van der Waals surface area contributed by atoms with Crippen molar-refractivity contribution in [1.29, 1.82) is 0 Å². The molecule has 0 N–H and O–H groups in total. The van der Waals surface area contributed by atoms with Crippen LogP contribution in [0.5, 0.6) is 5.88 Å². The highest BCUT2D eigenvalue weighted by Gasteiger charge is 2.31. The van der Waals surface area contributed by atoms with Crippen molar-refractivity contribution in [1.82, 2.24) is 8.75 Å². The molecule has 180 valence electrons. The third-order valence-electron chi connectivity index (χ3n) is 4.44. The fourth-order valence-electron chi connectivity index (χ4n) is 2.99. The molecule has 2 heterocycles. The van der Waals surface area contributed by atoms with E-state index < -0.39 is 6.16 Å². The van der Waals surface area contributed by atoms with Gasteiger partial charge < -0.3 is 14.2 Å². The molecule has 1 atom stereocenters. The molecule has 0 bridgehead atoms. The van der Waals surface area contributed by atoms with Gasteiger partial charge in [0.15, 0.2) is 0 Å². The molecule has 1 aromatic rings. The van der Waals surface area contributed by atoms with E-state index in [-0.39, 0.29) is 12.8 Å². The van der Waals surface area contributed by atoms with E-state index in [0.717, 1.165) is 30.7 Å². The molecule has 0 fully saturated rings. The lowest BCUT2D eigenvalue weighted by Gasteiger charge is -2.36. The molecule has 31 heavy (non-hydrogen) atoms. The summed E-state index contributed by atoms with van der Waals surface area (Å²) in [6.07, 6.45) is 6.92. The zero-order chi connectivity index (χ0) is 23.7. The third kappa shape index (κ3) is 11.5. The number of ether oxygens (including phenoxy) is 3. The molecule has 7 nitrogen and oxygen atoms in total. The summed E-state index contributed by atoms with van der Waals surface area (Å²) < 4.78 is 25.6. The van der Waals surface area contributed by atoms with E-state index in [2.05, 4.69) is 28.8 Å². The van der Waals surface area contributed by atoms with Gasteiger partial charge >= 0.3 is 6.16 Å². The highest BCUT2D eigenvalue weighted by atomic mass is 32.1. The van der Waals surface area contributed by atoms with Crippen molar-refractivity contribution >= 4 is 23.5 Å². The number of nitrogens with zero attached hydrogens (tertiary/aromatic N) is 3. The highest BCUT2D eigenvalue weighted by Crippen LogP contribution is 2.30. The van der Waals surface area contributed by atoms with Crippen LogP contribution in [0.25, 0.3) is 5.57 Å². The van der Waals surface area contributed by atoms with Gasteiger partial charge in [0.05, 0.1) is 38.0 Å². The molecular weight excluding hydrogens is 414 g/mol. The predicted molar refractivity (Wildman–Crippen MR) is 128 cm³/mol. The zero-order valence-electron chi connectivity index (χ0n) is 20.9. The van der Waals surface area contributed by atoms with E-state index in [1.54, 1.807) is 13.8 Å². The molecule has 0 spiro atoms. The molecule has 1 aliphatic rings. The van der Waals surface area contributed by atoms with Crippen molar-refractivity contribution in [3.63, 3.8) is 0 Å². The van der Waals surface area contributed by atoms with E-state index in [1.807, 2.05) is 27.7 Å². The number of hydrogen-bond donors (Lipinski definition) is 0. The van der Waals surface area contributed by atoms with Crippen molar-refractivity contribution in [2.75, 3.05) is 33.5 Å². The molecule has 0 saturated carbocycles. The normalized spacial score (nSPS) is 17.5. The van der Waals surface area contributed by atoms with Crippen LogP contribution in [0.15, 0.2) is 6.08 Å². The van der Waals surface area contributed by atoms with E-state index in [1.165, 1.54) is 31.0 Å². The lowest BCUT2D eigenvalue weighted by Crippen LogP contribution is -2.49. The van der Waals surface area contributed by atoms with Crippen LogP contribution in [0, 0.1) is 0 Å². The number of quaternary nitrogens is 1. The number of carbonyl (C=O) groups excluding carboxylic acids is 1. The Kier molecular flexibility index (Phi) is 16.0. The number of rotatable bonds is 10. The average Bonchev–Trinajstić information content (AvgIpc) is 3.23. The average molecular weight is 459 g/mol. The second-order valence-corrected chi connectivity index (χ2v) is 8.06. The van der Waals surface area contributed by atoms with Crippen molar-refractivity contribution in [3.05, 3.63) is 11.8 Å². The maximum atomic E-state index is 11.7. The molecular formula is C23H44N3O4S+.